The maximum Gasteiger partial charge on any atom is 0.100 e. The van der Waals surface area contributed by atoms with Crippen molar-refractivity contribution in [3.63, 3.8) is 0 Å². The Morgan fingerprint density at radius 1 is 0.684 bits per heavy atom. The summed E-state index contributed by atoms with van der Waals surface area (Å²) in [6, 6.07) is 22.2. The molecule has 0 aliphatic heterocycles. The second kappa shape index (κ2) is 12.9. The molecule has 0 radical (unpaired) electrons. The Bertz CT molecular complexity index is 1550. The van der Waals surface area contributed by atoms with Crippen LogP contribution < -0.4 is 0 Å². The Morgan fingerprint density at radius 2 is 1.34 bits per heavy atom. The molecule has 4 aromatic heterocycles. The highest BCUT2D eigenvalue weighted by molar-refractivity contribution is 7.28. The SMILES string of the molecule is CCCCCCCCc1ccc(-c2cc(C#N)c(Cc3cc4sc(Cc5sccc5C#N)cc4s3)s2)cc1. The second-order valence-electron chi connectivity index (χ2n) is 9.65. The molecule has 0 aliphatic carbocycles. The van der Waals surface area contributed by atoms with Gasteiger partial charge in [-0.3, -0.25) is 0 Å². The van der Waals surface area contributed by atoms with Crippen molar-refractivity contribution < 1.29 is 0 Å². The van der Waals surface area contributed by atoms with Crippen LogP contribution in [0.3, 0.4) is 0 Å². The van der Waals surface area contributed by atoms with Gasteiger partial charge in [0.25, 0.3) is 0 Å². The van der Waals surface area contributed by atoms with E-state index in [4.69, 9.17) is 0 Å². The van der Waals surface area contributed by atoms with Gasteiger partial charge in [-0.15, -0.1) is 45.3 Å². The number of thiophene rings is 4. The summed E-state index contributed by atoms with van der Waals surface area (Å²) in [5, 5.41) is 21.1. The molecule has 1 aromatic carbocycles. The lowest BCUT2D eigenvalue weighted by molar-refractivity contribution is 0.607. The van der Waals surface area contributed by atoms with E-state index in [-0.39, 0.29) is 0 Å². The van der Waals surface area contributed by atoms with Crippen LogP contribution in [0.15, 0.2) is 53.9 Å². The van der Waals surface area contributed by atoms with Gasteiger partial charge in [-0.2, -0.15) is 10.5 Å². The third-order valence-electron chi connectivity index (χ3n) is 6.83. The molecule has 0 aliphatic rings. The maximum absolute atomic E-state index is 9.82. The van der Waals surface area contributed by atoms with Gasteiger partial charge in [-0.1, -0.05) is 63.3 Å². The summed E-state index contributed by atoms with van der Waals surface area (Å²) < 4.78 is 2.60. The monoisotopic (exact) mass is 570 g/mol. The van der Waals surface area contributed by atoms with Crippen LogP contribution in [-0.2, 0) is 19.3 Å². The number of benzene rings is 1. The fourth-order valence-corrected chi connectivity index (χ4v) is 9.39. The number of nitriles is 2. The van der Waals surface area contributed by atoms with E-state index in [9.17, 15) is 10.5 Å². The van der Waals surface area contributed by atoms with Crippen molar-refractivity contribution in [1.82, 2.24) is 0 Å². The fourth-order valence-electron chi connectivity index (χ4n) is 4.75. The van der Waals surface area contributed by atoms with Gasteiger partial charge in [0.1, 0.15) is 12.1 Å². The lowest BCUT2D eigenvalue weighted by Gasteiger charge is -2.04. The number of nitrogens with zero attached hydrogens (tertiary/aromatic N) is 2. The van der Waals surface area contributed by atoms with Crippen LogP contribution in [-0.4, -0.2) is 0 Å². The molecule has 5 rings (SSSR count). The molecule has 2 nitrogen and oxygen atoms in total. The molecule has 192 valence electrons. The molecule has 4 heterocycles. The van der Waals surface area contributed by atoms with E-state index in [1.54, 1.807) is 22.7 Å². The van der Waals surface area contributed by atoms with Gasteiger partial charge in [0.05, 0.1) is 11.1 Å². The fraction of sp³-hybridized carbons (Fsp3) is 0.312. The Balaban J connectivity index is 1.23. The first kappa shape index (κ1) is 26.9. The van der Waals surface area contributed by atoms with Gasteiger partial charge in [0, 0.05) is 46.6 Å². The average molecular weight is 571 g/mol. The van der Waals surface area contributed by atoms with Gasteiger partial charge in [-0.25, -0.2) is 0 Å². The van der Waals surface area contributed by atoms with Crippen LogP contribution in [0, 0.1) is 22.7 Å². The largest absolute Gasteiger partial charge is 0.192 e. The zero-order valence-corrected chi connectivity index (χ0v) is 24.9. The third kappa shape index (κ3) is 6.45. The first-order chi connectivity index (χ1) is 18.7. The van der Waals surface area contributed by atoms with Crippen LogP contribution in [0.5, 0.6) is 0 Å². The molecular formula is C32H30N2S4. The predicted octanol–water partition coefficient (Wildman–Crippen LogP) is 10.6. The second-order valence-corrected chi connectivity index (χ2v) is 14.1. The Labute approximate surface area is 241 Å². The van der Waals surface area contributed by atoms with Crippen LogP contribution in [0.1, 0.15) is 81.6 Å². The molecule has 6 heteroatoms. The first-order valence-corrected chi connectivity index (χ1v) is 16.6. The minimum Gasteiger partial charge on any atom is -0.192 e. The van der Waals surface area contributed by atoms with E-state index in [0.29, 0.717) is 0 Å². The summed E-state index contributed by atoms with van der Waals surface area (Å²) in [5.41, 5.74) is 4.19. The van der Waals surface area contributed by atoms with E-state index in [2.05, 4.69) is 61.5 Å². The van der Waals surface area contributed by atoms with Crippen molar-refractivity contribution in [3.8, 4) is 22.6 Å². The molecule has 0 unspecified atom stereocenters. The molecule has 5 aromatic rings. The molecular weight excluding hydrogens is 541 g/mol. The van der Waals surface area contributed by atoms with Crippen molar-refractivity contribution in [3.05, 3.63) is 90.1 Å². The molecule has 0 saturated heterocycles. The zero-order valence-electron chi connectivity index (χ0n) is 21.6. The minimum atomic E-state index is 0.789. The molecule has 0 saturated carbocycles. The van der Waals surface area contributed by atoms with Gasteiger partial charge < -0.3 is 0 Å². The average Bonchev–Trinajstić information content (AvgIpc) is 3.71. The number of unbranched alkanes of at least 4 members (excludes halogenated alkanes) is 5. The molecule has 0 fully saturated rings. The normalized spacial score (nSPS) is 11.1. The van der Waals surface area contributed by atoms with Crippen LogP contribution in [0.4, 0.5) is 0 Å². The molecule has 0 atom stereocenters. The van der Waals surface area contributed by atoms with Crippen molar-refractivity contribution >= 4 is 54.7 Å². The van der Waals surface area contributed by atoms with Gasteiger partial charge in [-0.05, 0) is 53.6 Å². The predicted molar refractivity (Wildman–Crippen MR) is 166 cm³/mol. The van der Waals surface area contributed by atoms with Crippen molar-refractivity contribution in [2.45, 2.75) is 64.7 Å². The minimum absolute atomic E-state index is 0.789. The van der Waals surface area contributed by atoms with E-state index in [0.717, 1.165) is 40.1 Å². The van der Waals surface area contributed by atoms with Crippen LogP contribution in [0.25, 0.3) is 19.8 Å². The number of rotatable bonds is 12. The van der Waals surface area contributed by atoms with Crippen LogP contribution >= 0.6 is 45.3 Å². The van der Waals surface area contributed by atoms with Gasteiger partial charge >= 0.3 is 0 Å². The highest BCUT2D eigenvalue weighted by atomic mass is 32.1. The summed E-state index contributed by atoms with van der Waals surface area (Å²) in [4.78, 5) is 6.05. The summed E-state index contributed by atoms with van der Waals surface area (Å²) in [5.74, 6) is 0. The van der Waals surface area contributed by atoms with E-state index in [1.807, 2.05) is 34.1 Å². The maximum atomic E-state index is 9.82. The molecule has 38 heavy (non-hydrogen) atoms. The zero-order chi connectivity index (χ0) is 26.3. The number of aryl methyl sites for hydroxylation is 1. The van der Waals surface area contributed by atoms with Crippen molar-refractivity contribution in [2.24, 2.45) is 0 Å². The Hall–Kier alpha value is -2.74. The number of fused-ring (bicyclic) bond motifs is 1. The summed E-state index contributed by atoms with van der Waals surface area (Å²) in [6.07, 6.45) is 10.7. The highest BCUT2D eigenvalue weighted by Gasteiger charge is 2.15. The Kier molecular flexibility index (Phi) is 9.10. The lowest BCUT2D eigenvalue weighted by atomic mass is 10.0. The van der Waals surface area contributed by atoms with E-state index in [1.165, 1.54) is 73.7 Å². The smallest absolute Gasteiger partial charge is 0.100 e. The summed E-state index contributed by atoms with van der Waals surface area (Å²) >= 11 is 7.04. The lowest BCUT2D eigenvalue weighted by Crippen LogP contribution is -1.86. The van der Waals surface area contributed by atoms with Crippen molar-refractivity contribution in [1.29, 1.82) is 10.5 Å². The Morgan fingerprint density at radius 3 is 2.03 bits per heavy atom. The van der Waals surface area contributed by atoms with Gasteiger partial charge in [0.15, 0.2) is 0 Å². The molecule has 0 amide bonds. The quantitative estimate of drug-likeness (QED) is 0.140. The first-order valence-electron chi connectivity index (χ1n) is 13.3. The van der Waals surface area contributed by atoms with E-state index >= 15 is 0 Å². The van der Waals surface area contributed by atoms with Gasteiger partial charge in [0.2, 0.25) is 0 Å². The topological polar surface area (TPSA) is 47.6 Å². The third-order valence-corrected chi connectivity index (χ3v) is 11.2. The molecule has 0 bridgehead atoms. The molecule has 0 N–H and O–H groups in total. The summed E-state index contributed by atoms with van der Waals surface area (Å²) in [6.45, 7) is 2.26. The summed E-state index contributed by atoms with van der Waals surface area (Å²) in [7, 11) is 0. The van der Waals surface area contributed by atoms with Crippen LogP contribution in [0.2, 0.25) is 0 Å². The number of hydrogen-bond donors (Lipinski definition) is 0. The molecule has 0 spiro atoms. The van der Waals surface area contributed by atoms with Crippen molar-refractivity contribution in [2.75, 3.05) is 0 Å². The number of hydrogen-bond acceptors (Lipinski definition) is 6. The van der Waals surface area contributed by atoms with E-state index < -0.39 is 0 Å². The standard InChI is InChI=1S/C32H30N2S4/c1-2-3-4-5-6-7-8-22-9-11-23(12-10-22)29-15-25(21-34)30(38-29)17-27-19-32-31(37-27)18-26(36-32)16-28-24(20-33)13-14-35-28/h9-15,18-19H,2-8,16-17H2,1H3. The highest BCUT2D eigenvalue weighted by Crippen LogP contribution is 2.38.